The van der Waals surface area contributed by atoms with Gasteiger partial charge in [0, 0.05) is 38.6 Å². The highest BCUT2D eigenvalue weighted by atomic mass is 19.4. The lowest BCUT2D eigenvalue weighted by molar-refractivity contribution is -0.137. The number of hydrogen-bond acceptors (Lipinski definition) is 3. The molecule has 134 valence electrons. The molecule has 7 heteroatoms. The molecular formula is C17H24F3N3O. The molecule has 0 spiro atoms. The van der Waals surface area contributed by atoms with E-state index in [0.29, 0.717) is 25.1 Å². The minimum atomic E-state index is -4.30. The minimum Gasteiger partial charge on any atom is -0.353 e. The molecule has 0 saturated carbocycles. The Bertz CT molecular complexity index is 540. The van der Waals surface area contributed by atoms with Crippen LogP contribution in [0.3, 0.4) is 0 Å². The maximum Gasteiger partial charge on any atom is 0.416 e. The van der Waals surface area contributed by atoms with Crippen molar-refractivity contribution < 1.29 is 18.0 Å². The van der Waals surface area contributed by atoms with E-state index in [2.05, 4.69) is 15.5 Å². The van der Waals surface area contributed by atoms with Crippen molar-refractivity contribution in [2.75, 3.05) is 26.7 Å². The van der Waals surface area contributed by atoms with E-state index in [4.69, 9.17) is 0 Å². The number of halogens is 3. The number of carbonyl (C=O) groups is 1. The van der Waals surface area contributed by atoms with Gasteiger partial charge in [-0.2, -0.15) is 13.2 Å². The number of likely N-dealkylation sites (tertiary alicyclic amines) is 1. The zero-order chi connectivity index (χ0) is 17.6. The van der Waals surface area contributed by atoms with E-state index < -0.39 is 11.7 Å². The number of benzene rings is 1. The number of alkyl halides is 3. The number of nitrogens with zero attached hydrogens (tertiary/aromatic N) is 1. The molecule has 0 unspecified atom stereocenters. The summed E-state index contributed by atoms with van der Waals surface area (Å²) in [5.41, 5.74) is 0.0630. The number of piperidine rings is 1. The summed E-state index contributed by atoms with van der Waals surface area (Å²) >= 11 is 0. The van der Waals surface area contributed by atoms with Crippen molar-refractivity contribution in [3.63, 3.8) is 0 Å². The quantitative estimate of drug-likeness (QED) is 0.834. The predicted octanol–water partition coefficient (Wildman–Crippen LogP) is 2.40. The Balaban J connectivity index is 1.80. The zero-order valence-electron chi connectivity index (χ0n) is 13.8. The van der Waals surface area contributed by atoms with Crippen LogP contribution in [0.25, 0.3) is 0 Å². The molecule has 0 atom stereocenters. The van der Waals surface area contributed by atoms with Crippen LogP contribution in [0.5, 0.6) is 0 Å². The Morgan fingerprint density at radius 1 is 1.29 bits per heavy atom. The molecule has 2 rings (SSSR count). The fourth-order valence-electron chi connectivity index (χ4n) is 2.88. The van der Waals surface area contributed by atoms with Gasteiger partial charge < -0.3 is 10.6 Å². The number of nitrogens with one attached hydrogen (secondary N) is 2. The summed E-state index contributed by atoms with van der Waals surface area (Å²) < 4.78 is 38.2. The Morgan fingerprint density at radius 3 is 2.62 bits per heavy atom. The van der Waals surface area contributed by atoms with Crippen LogP contribution < -0.4 is 10.6 Å². The summed E-state index contributed by atoms with van der Waals surface area (Å²) in [7, 11) is 1.81. The summed E-state index contributed by atoms with van der Waals surface area (Å²) in [6.07, 6.45) is -2.20. The lowest BCUT2D eigenvalue weighted by Crippen LogP contribution is -2.44. The van der Waals surface area contributed by atoms with Crippen molar-refractivity contribution in [2.45, 2.75) is 38.0 Å². The van der Waals surface area contributed by atoms with Gasteiger partial charge in [-0.15, -0.1) is 0 Å². The van der Waals surface area contributed by atoms with E-state index in [1.807, 2.05) is 0 Å². The molecule has 1 amide bonds. The third kappa shape index (κ3) is 5.79. The third-order valence-corrected chi connectivity index (χ3v) is 4.22. The van der Waals surface area contributed by atoms with E-state index in [0.717, 1.165) is 32.0 Å². The van der Waals surface area contributed by atoms with E-state index >= 15 is 0 Å². The van der Waals surface area contributed by atoms with Crippen LogP contribution in [0.2, 0.25) is 0 Å². The van der Waals surface area contributed by atoms with Crippen molar-refractivity contribution in [1.82, 2.24) is 15.5 Å². The Kier molecular flexibility index (Phi) is 6.62. The van der Waals surface area contributed by atoms with Crippen LogP contribution in [-0.4, -0.2) is 43.5 Å². The van der Waals surface area contributed by atoms with E-state index in [9.17, 15) is 18.0 Å². The first kappa shape index (κ1) is 18.7. The van der Waals surface area contributed by atoms with Crippen LogP contribution in [-0.2, 0) is 17.5 Å². The van der Waals surface area contributed by atoms with Crippen LogP contribution >= 0.6 is 0 Å². The van der Waals surface area contributed by atoms with Crippen LogP contribution in [0.15, 0.2) is 24.3 Å². The fourth-order valence-corrected chi connectivity index (χ4v) is 2.88. The first-order valence-electron chi connectivity index (χ1n) is 8.21. The molecule has 4 nitrogen and oxygen atoms in total. The highest BCUT2D eigenvalue weighted by molar-refractivity contribution is 5.76. The van der Waals surface area contributed by atoms with Gasteiger partial charge in [0.05, 0.1) is 5.56 Å². The van der Waals surface area contributed by atoms with Gasteiger partial charge >= 0.3 is 6.18 Å². The second-order valence-electron chi connectivity index (χ2n) is 6.17. The standard InChI is InChI=1S/C17H24F3N3O/c1-21-8-5-16(24)22-15-6-9-23(10-7-15)12-13-3-2-4-14(11-13)17(18,19)20/h2-4,11,15,21H,5-10,12H2,1H3,(H,22,24). The molecule has 1 saturated heterocycles. The SMILES string of the molecule is CNCCC(=O)NC1CCN(Cc2cccc(C(F)(F)F)c2)CC1. The molecule has 0 radical (unpaired) electrons. The van der Waals surface area contributed by atoms with Crippen molar-refractivity contribution in [2.24, 2.45) is 0 Å². The van der Waals surface area contributed by atoms with Crippen molar-refractivity contribution in [3.8, 4) is 0 Å². The molecule has 0 aromatic heterocycles. The van der Waals surface area contributed by atoms with Crippen LogP contribution in [0.4, 0.5) is 13.2 Å². The molecule has 1 aliphatic heterocycles. The fraction of sp³-hybridized carbons (Fsp3) is 0.588. The highest BCUT2D eigenvalue weighted by Crippen LogP contribution is 2.29. The van der Waals surface area contributed by atoms with Gasteiger partial charge in [-0.3, -0.25) is 9.69 Å². The Morgan fingerprint density at radius 2 is 2.00 bits per heavy atom. The van der Waals surface area contributed by atoms with Gasteiger partial charge in [0.1, 0.15) is 0 Å². The van der Waals surface area contributed by atoms with Gasteiger partial charge in [0.15, 0.2) is 0 Å². The Hall–Kier alpha value is -1.60. The van der Waals surface area contributed by atoms with E-state index in [1.54, 1.807) is 13.1 Å². The second kappa shape index (κ2) is 8.48. The van der Waals surface area contributed by atoms with Gasteiger partial charge in [0.2, 0.25) is 5.91 Å². The topological polar surface area (TPSA) is 44.4 Å². The normalized spacial score (nSPS) is 17.0. The predicted molar refractivity (Wildman–Crippen MR) is 86.4 cm³/mol. The summed E-state index contributed by atoms with van der Waals surface area (Å²) in [6, 6.07) is 5.64. The van der Waals surface area contributed by atoms with Crippen molar-refractivity contribution in [3.05, 3.63) is 35.4 Å². The van der Waals surface area contributed by atoms with Crippen molar-refractivity contribution >= 4 is 5.91 Å². The maximum absolute atomic E-state index is 12.7. The molecule has 1 aromatic rings. The van der Waals surface area contributed by atoms with E-state index in [1.165, 1.54) is 12.1 Å². The zero-order valence-corrected chi connectivity index (χ0v) is 13.8. The molecule has 1 aliphatic rings. The number of amides is 1. The van der Waals surface area contributed by atoms with E-state index in [-0.39, 0.29) is 11.9 Å². The first-order chi connectivity index (χ1) is 11.4. The van der Waals surface area contributed by atoms with Crippen LogP contribution in [0, 0.1) is 0 Å². The average molecular weight is 343 g/mol. The smallest absolute Gasteiger partial charge is 0.353 e. The largest absolute Gasteiger partial charge is 0.416 e. The highest BCUT2D eigenvalue weighted by Gasteiger charge is 2.30. The summed E-state index contributed by atoms with van der Waals surface area (Å²) in [5.74, 6) is 0.0423. The molecular weight excluding hydrogens is 319 g/mol. The van der Waals surface area contributed by atoms with Gasteiger partial charge in [-0.05, 0) is 31.5 Å². The van der Waals surface area contributed by atoms with Crippen molar-refractivity contribution in [1.29, 1.82) is 0 Å². The molecule has 1 aromatic carbocycles. The van der Waals surface area contributed by atoms with Crippen LogP contribution in [0.1, 0.15) is 30.4 Å². The summed E-state index contributed by atoms with van der Waals surface area (Å²) in [5, 5.41) is 5.95. The molecule has 1 heterocycles. The third-order valence-electron chi connectivity index (χ3n) is 4.22. The molecule has 24 heavy (non-hydrogen) atoms. The monoisotopic (exact) mass is 343 g/mol. The summed E-state index contributed by atoms with van der Waals surface area (Å²) in [4.78, 5) is 13.8. The van der Waals surface area contributed by atoms with Gasteiger partial charge in [-0.25, -0.2) is 0 Å². The lowest BCUT2D eigenvalue weighted by Gasteiger charge is -2.32. The number of hydrogen-bond donors (Lipinski definition) is 2. The van der Waals surface area contributed by atoms with Gasteiger partial charge in [-0.1, -0.05) is 18.2 Å². The summed E-state index contributed by atoms with van der Waals surface area (Å²) in [6.45, 7) is 2.70. The number of rotatable bonds is 6. The molecule has 1 fully saturated rings. The molecule has 2 N–H and O–H groups in total. The Labute approximate surface area is 140 Å². The minimum absolute atomic E-state index is 0.0423. The molecule has 0 aliphatic carbocycles. The average Bonchev–Trinajstić information content (AvgIpc) is 2.54. The molecule has 0 bridgehead atoms. The second-order valence-corrected chi connectivity index (χ2v) is 6.17. The van der Waals surface area contributed by atoms with Gasteiger partial charge in [0.25, 0.3) is 0 Å². The first-order valence-corrected chi connectivity index (χ1v) is 8.21. The maximum atomic E-state index is 12.7. The number of carbonyl (C=O) groups excluding carboxylic acids is 1. The lowest BCUT2D eigenvalue weighted by atomic mass is 10.0.